The maximum atomic E-state index is 13.5. The number of anilines is 2. The zero-order valence-electron chi connectivity index (χ0n) is 17.6. The highest BCUT2D eigenvalue weighted by Crippen LogP contribution is 2.39. The molecule has 1 saturated heterocycles. The molecule has 3 heterocycles. The minimum atomic E-state index is -0.731. The molecule has 0 spiro atoms. The molecular weight excluding hydrogens is 416 g/mol. The number of nitrogens with zero attached hydrogens (tertiary/aromatic N) is 6. The molecule has 2 aliphatic rings. The third-order valence-electron chi connectivity index (χ3n) is 6.06. The lowest BCUT2D eigenvalue weighted by Gasteiger charge is -2.38. The van der Waals surface area contributed by atoms with Crippen LogP contribution in [0.5, 0.6) is 11.8 Å². The van der Waals surface area contributed by atoms with Crippen molar-refractivity contribution >= 4 is 18.0 Å². The number of piperidine rings is 1. The van der Waals surface area contributed by atoms with Crippen molar-refractivity contribution in [2.24, 2.45) is 11.8 Å². The first-order valence-corrected chi connectivity index (χ1v) is 10.5. The van der Waals surface area contributed by atoms with Crippen LogP contribution in [0.15, 0.2) is 37.2 Å². The van der Waals surface area contributed by atoms with Gasteiger partial charge in [-0.2, -0.15) is 9.67 Å². The first kappa shape index (κ1) is 20.3. The lowest BCUT2D eigenvalue weighted by molar-refractivity contribution is 0.374. The number of fused-ring (bicyclic) bond motifs is 2. The summed E-state index contributed by atoms with van der Waals surface area (Å²) < 4.78 is 33.9. The summed E-state index contributed by atoms with van der Waals surface area (Å²) in [5, 5.41) is 7.83. The summed E-state index contributed by atoms with van der Waals surface area (Å²) in [7, 11) is 0. The van der Waals surface area contributed by atoms with Crippen LogP contribution < -0.4 is 15.0 Å². The lowest BCUT2D eigenvalue weighted by atomic mass is 9.92. The topological polar surface area (TPSA) is 81.0 Å². The van der Waals surface area contributed by atoms with Crippen molar-refractivity contribution in [1.82, 2.24) is 24.7 Å². The summed E-state index contributed by atoms with van der Waals surface area (Å²) in [4.78, 5) is 15.3. The number of aryl methyl sites for hydroxylation is 1. The van der Waals surface area contributed by atoms with Crippen LogP contribution in [-0.2, 0) is 0 Å². The molecule has 0 amide bonds. The molecule has 2 aromatic heterocycles. The molecule has 166 valence electrons. The molecule has 0 radical (unpaired) electrons. The van der Waals surface area contributed by atoms with Gasteiger partial charge in [-0.15, -0.1) is 5.10 Å². The van der Waals surface area contributed by atoms with Crippen LogP contribution in [-0.4, -0.2) is 43.9 Å². The molecule has 0 unspecified atom stereocenters. The van der Waals surface area contributed by atoms with E-state index < -0.39 is 11.6 Å². The van der Waals surface area contributed by atoms with E-state index in [0.29, 0.717) is 17.8 Å². The Bertz CT molecular complexity index is 1120. The fraction of sp³-hybridized carbons (Fsp3) is 0.364. The Kier molecular flexibility index (Phi) is 5.20. The minimum absolute atomic E-state index is 0.00179. The van der Waals surface area contributed by atoms with Crippen molar-refractivity contribution in [2.75, 3.05) is 23.3 Å². The second-order valence-electron chi connectivity index (χ2n) is 8.24. The molecule has 8 nitrogen and oxygen atoms in total. The summed E-state index contributed by atoms with van der Waals surface area (Å²) >= 11 is 0. The number of aromatic nitrogens is 5. The average Bonchev–Trinajstić information content (AvgIpc) is 3.22. The van der Waals surface area contributed by atoms with Gasteiger partial charge in [0.05, 0.1) is 0 Å². The second kappa shape index (κ2) is 8.18. The maximum Gasteiger partial charge on any atom is 0.326 e. The van der Waals surface area contributed by atoms with Crippen molar-refractivity contribution in [3.8, 4) is 11.8 Å². The van der Waals surface area contributed by atoms with E-state index in [1.807, 2.05) is 13.0 Å². The maximum absolute atomic E-state index is 13.5. The smallest absolute Gasteiger partial charge is 0.326 e. The predicted molar refractivity (Wildman–Crippen MR) is 115 cm³/mol. The predicted octanol–water partition coefficient (Wildman–Crippen LogP) is 3.87. The number of rotatable bonds is 6. The summed E-state index contributed by atoms with van der Waals surface area (Å²) in [5.41, 5.74) is 0.951. The molecule has 32 heavy (non-hydrogen) atoms. The van der Waals surface area contributed by atoms with E-state index in [9.17, 15) is 8.78 Å². The Labute approximate surface area is 184 Å². The van der Waals surface area contributed by atoms with Crippen molar-refractivity contribution in [1.29, 1.82) is 0 Å². The molecule has 3 aromatic rings. The van der Waals surface area contributed by atoms with Crippen molar-refractivity contribution in [2.45, 2.75) is 25.8 Å². The summed E-state index contributed by atoms with van der Waals surface area (Å²) in [6.45, 7) is 7.45. The Morgan fingerprint density at radius 3 is 2.47 bits per heavy atom. The first-order valence-electron chi connectivity index (χ1n) is 10.5. The number of nitrogens with one attached hydrogen (secondary N) is 1. The third kappa shape index (κ3) is 4.00. The number of ether oxygens (including phenoxy) is 1. The molecule has 5 rings (SSSR count). The molecule has 1 N–H and O–H groups in total. The van der Waals surface area contributed by atoms with Gasteiger partial charge in [-0.1, -0.05) is 6.58 Å². The highest BCUT2D eigenvalue weighted by atomic mass is 19.1. The Morgan fingerprint density at radius 2 is 1.81 bits per heavy atom. The molecule has 2 atom stereocenters. The molecule has 10 heteroatoms. The van der Waals surface area contributed by atoms with Gasteiger partial charge >= 0.3 is 6.01 Å². The van der Waals surface area contributed by atoms with Crippen LogP contribution >= 0.6 is 0 Å². The van der Waals surface area contributed by atoms with E-state index >= 15 is 0 Å². The van der Waals surface area contributed by atoms with Gasteiger partial charge in [0.2, 0.25) is 5.95 Å². The van der Waals surface area contributed by atoms with E-state index in [4.69, 9.17) is 4.74 Å². The van der Waals surface area contributed by atoms with E-state index in [-0.39, 0.29) is 17.8 Å². The quantitative estimate of drug-likeness (QED) is 0.624. The average molecular weight is 439 g/mol. The van der Waals surface area contributed by atoms with Crippen molar-refractivity contribution in [3.63, 3.8) is 0 Å². The number of hydrogen-bond donors (Lipinski definition) is 1. The minimum Gasteiger partial charge on any atom is -0.424 e. The molecule has 1 aliphatic carbocycles. The molecule has 2 bridgehead atoms. The van der Waals surface area contributed by atoms with Gasteiger partial charge in [-0.25, -0.2) is 18.7 Å². The summed E-state index contributed by atoms with van der Waals surface area (Å²) in [6, 6.07) is 5.26. The van der Waals surface area contributed by atoms with E-state index in [0.717, 1.165) is 55.6 Å². The van der Waals surface area contributed by atoms with Gasteiger partial charge in [0, 0.05) is 55.3 Å². The number of halogens is 2. The Morgan fingerprint density at radius 1 is 1.09 bits per heavy atom. The van der Waals surface area contributed by atoms with Crippen molar-refractivity contribution < 1.29 is 13.5 Å². The third-order valence-corrected chi connectivity index (χ3v) is 6.06. The van der Waals surface area contributed by atoms with Crippen LogP contribution in [0.4, 0.5) is 20.5 Å². The fourth-order valence-corrected chi connectivity index (χ4v) is 4.66. The zero-order chi connectivity index (χ0) is 22.2. The van der Waals surface area contributed by atoms with Gasteiger partial charge in [-0.05, 0) is 31.6 Å². The summed E-state index contributed by atoms with van der Waals surface area (Å²) in [6.07, 6.45) is 5.25. The lowest BCUT2D eigenvalue weighted by Crippen LogP contribution is -2.48. The SMILES string of the molecule is C=Cn1nc(NC2[C@H]3CC[C@H]2CN(c2cc(C)ncn2)C3)nc1Oc1cc(F)cc(F)c1. The van der Waals surface area contributed by atoms with Crippen LogP contribution in [0, 0.1) is 30.4 Å². The molecule has 1 saturated carbocycles. The van der Waals surface area contributed by atoms with Gasteiger partial charge in [-0.3, -0.25) is 0 Å². The van der Waals surface area contributed by atoms with Crippen LogP contribution in [0.2, 0.25) is 0 Å². The van der Waals surface area contributed by atoms with Crippen molar-refractivity contribution in [3.05, 3.63) is 54.5 Å². The monoisotopic (exact) mass is 439 g/mol. The number of benzene rings is 1. The van der Waals surface area contributed by atoms with E-state index in [1.54, 1.807) is 6.33 Å². The second-order valence-corrected chi connectivity index (χ2v) is 8.24. The van der Waals surface area contributed by atoms with Gasteiger partial charge in [0.1, 0.15) is 29.5 Å². The van der Waals surface area contributed by atoms with Crippen LogP contribution in [0.1, 0.15) is 18.5 Å². The normalized spacial score (nSPS) is 22.1. The highest BCUT2D eigenvalue weighted by Gasteiger charge is 2.43. The largest absolute Gasteiger partial charge is 0.424 e. The zero-order valence-corrected chi connectivity index (χ0v) is 17.6. The van der Waals surface area contributed by atoms with E-state index in [2.05, 4.69) is 36.8 Å². The fourth-order valence-electron chi connectivity index (χ4n) is 4.66. The molecule has 1 aliphatic heterocycles. The molecule has 1 aromatic carbocycles. The molecular formula is C22H23F2N7O. The first-order chi connectivity index (χ1) is 15.5. The van der Waals surface area contributed by atoms with Crippen LogP contribution in [0.3, 0.4) is 0 Å². The van der Waals surface area contributed by atoms with Gasteiger partial charge in [0.15, 0.2) is 0 Å². The summed E-state index contributed by atoms with van der Waals surface area (Å²) in [5.74, 6) is 0.723. The Hall–Kier alpha value is -3.56. The van der Waals surface area contributed by atoms with E-state index in [1.165, 1.54) is 10.9 Å². The van der Waals surface area contributed by atoms with Crippen LogP contribution in [0.25, 0.3) is 6.20 Å². The van der Waals surface area contributed by atoms with Gasteiger partial charge < -0.3 is 15.0 Å². The molecule has 2 fully saturated rings. The highest BCUT2D eigenvalue weighted by molar-refractivity contribution is 5.42. The number of hydrogen-bond acceptors (Lipinski definition) is 7. The Balaban J connectivity index is 1.31. The standard InChI is InChI=1S/C22H23F2N7O/c1-3-31-22(32-18-8-16(23)7-17(24)9-18)28-21(29-31)27-20-14-4-5-15(20)11-30(10-14)19-6-13(2)25-12-26-19/h3,6-9,12,14-15,20H,1,4-5,10-11H2,2H3,(H,27,29)/t14-,15-/m0/s1. The van der Waals surface area contributed by atoms with Gasteiger partial charge in [0.25, 0.3) is 0 Å².